The van der Waals surface area contributed by atoms with Gasteiger partial charge in [-0.15, -0.1) is 0 Å². The SMILES string of the molecule is Oc1ccc(CCNc2ncncn2)cc1. The molecule has 1 aromatic carbocycles. The number of nitrogens with zero attached hydrogens (tertiary/aromatic N) is 3. The van der Waals surface area contributed by atoms with Crippen molar-refractivity contribution in [2.75, 3.05) is 11.9 Å². The summed E-state index contributed by atoms with van der Waals surface area (Å²) in [6, 6.07) is 7.14. The van der Waals surface area contributed by atoms with Gasteiger partial charge in [0.05, 0.1) is 0 Å². The predicted octanol–water partition coefficient (Wildman–Crippen LogP) is 1.23. The highest BCUT2D eigenvalue weighted by Gasteiger charge is 1.95. The van der Waals surface area contributed by atoms with Gasteiger partial charge in [-0.05, 0) is 24.1 Å². The van der Waals surface area contributed by atoms with Crippen LogP contribution in [0, 0.1) is 0 Å². The Morgan fingerprint density at radius 3 is 2.44 bits per heavy atom. The molecule has 1 heterocycles. The molecule has 0 bridgehead atoms. The Morgan fingerprint density at radius 2 is 1.75 bits per heavy atom. The van der Waals surface area contributed by atoms with E-state index in [4.69, 9.17) is 5.11 Å². The van der Waals surface area contributed by atoms with E-state index in [0.717, 1.165) is 18.5 Å². The standard InChI is InChI=1S/C11H12N4O/c16-10-3-1-9(2-4-10)5-6-13-11-14-7-12-8-15-11/h1-4,7-8,16H,5-6H2,(H,12,13,14,15). The average Bonchev–Trinajstić information content (AvgIpc) is 2.33. The number of anilines is 1. The Labute approximate surface area is 93.2 Å². The number of aromatic hydroxyl groups is 1. The van der Waals surface area contributed by atoms with Gasteiger partial charge in [-0.1, -0.05) is 12.1 Å². The van der Waals surface area contributed by atoms with E-state index >= 15 is 0 Å². The monoisotopic (exact) mass is 216 g/mol. The predicted molar refractivity (Wildman–Crippen MR) is 60.1 cm³/mol. The number of nitrogens with one attached hydrogen (secondary N) is 1. The van der Waals surface area contributed by atoms with Gasteiger partial charge in [-0.2, -0.15) is 0 Å². The fourth-order valence-corrected chi connectivity index (χ4v) is 1.31. The minimum absolute atomic E-state index is 0.286. The van der Waals surface area contributed by atoms with Gasteiger partial charge in [-0.25, -0.2) is 15.0 Å². The first kappa shape index (κ1) is 10.4. The molecular formula is C11H12N4O. The summed E-state index contributed by atoms with van der Waals surface area (Å²) < 4.78 is 0. The first-order chi connectivity index (χ1) is 7.84. The molecule has 0 fully saturated rings. The van der Waals surface area contributed by atoms with Crippen molar-refractivity contribution >= 4 is 5.95 Å². The molecule has 0 atom stereocenters. The molecule has 0 unspecified atom stereocenters. The molecule has 0 amide bonds. The van der Waals surface area contributed by atoms with Crippen molar-refractivity contribution in [2.45, 2.75) is 6.42 Å². The smallest absolute Gasteiger partial charge is 0.225 e. The van der Waals surface area contributed by atoms with Gasteiger partial charge >= 0.3 is 0 Å². The molecule has 5 nitrogen and oxygen atoms in total. The second-order valence-electron chi connectivity index (χ2n) is 3.31. The van der Waals surface area contributed by atoms with Crippen LogP contribution in [0.4, 0.5) is 5.95 Å². The number of benzene rings is 1. The van der Waals surface area contributed by atoms with Gasteiger partial charge in [-0.3, -0.25) is 0 Å². The maximum Gasteiger partial charge on any atom is 0.225 e. The zero-order chi connectivity index (χ0) is 11.2. The summed E-state index contributed by atoms with van der Waals surface area (Å²) >= 11 is 0. The van der Waals surface area contributed by atoms with Crippen molar-refractivity contribution in [1.29, 1.82) is 0 Å². The molecule has 0 saturated heterocycles. The zero-order valence-electron chi connectivity index (χ0n) is 8.67. The molecule has 82 valence electrons. The number of rotatable bonds is 4. The molecule has 2 rings (SSSR count). The maximum atomic E-state index is 9.12. The quantitative estimate of drug-likeness (QED) is 0.804. The van der Waals surface area contributed by atoms with Crippen molar-refractivity contribution in [3.05, 3.63) is 42.5 Å². The molecule has 0 spiro atoms. The Hall–Kier alpha value is -2.17. The first-order valence-corrected chi connectivity index (χ1v) is 4.98. The van der Waals surface area contributed by atoms with Gasteiger partial charge in [0, 0.05) is 6.54 Å². The molecule has 0 aliphatic heterocycles. The first-order valence-electron chi connectivity index (χ1n) is 4.98. The van der Waals surface area contributed by atoms with Gasteiger partial charge < -0.3 is 10.4 Å². The normalized spacial score (nSPS) is 10.0. The molecular weight excluding hydrogens is 204 g/mol. The fourth-order valence-electron chi connectivity index (χ4n) is 1.31. The number of aromatic nitrogens is 3. The molecule has 2 aromatic rings. The van der Waals surface area contributed by atoms with Crippen LogP contribution in [0.5, 0.6) is 5.75 Å². The number of hydrogen-bond donors (Lipinski definition) is 2. The Morgan fingerprint density at radius 1 is 1.06 bits per heavy atom. The summed E-state index contributed by atoms with van der Waals surface area (Å²) in [6.45, 7) is 0.745. The zero-order valence-corrected chi connectivity index (χ0v) is 8.67. The van der Waals surface area contributed by atoms with Crippen LogP contribution < -0.4 is 5.32 Å². The van der Waals surface area contributed by atoms with Crippen molar-refractivity contribution in [1.82, 2.24) is 15.0 Å². The molecule has 2 N–H and O–H groups in total. The molecule has 0 aliphatic carbocycles. The van der Waals surface area contributed by atoms with E-state index in [1.54, 1.807) is 12.1 Å². The van der Waals surface area contributed by atoms with Crippen LogP contribution in [0.3, 0.4) is 0 Å². The minimum atomic E-state index is 0.286. The third-order valence-electron chi connectivity index (χ3n) is 2.13. The fraction of sp³-hybridized carbons (Fsp3) is 0.182. The van der Waals surface area contributed by atoms with Crippen molar-refractivity contribution in [2.24, 2.45) is 0 Å². The van der Waals surface area contributed by atoms with E-state index < -0.39 is 0 Å². The largest absolute Gasteiger partial charge is 0.508 e. The van der Waals surface area contributed by atoms with Crippen molar-refractivity contribution in [3.63, 3.8) is 0 Å². The van der Waals surface area contributed by atoms with E-state index in [-0.39, 0.29) is 5.75 Å². The third-order valence-corrected chi connectivity index (χ3v) is 2.13. The van der Waals surface area contributed by atoms with E-state index in [1.165, 1.54) is 12.7 Å². The number of phenolic OH excluding ortho intramolecular Hbond substituents is 1. The average molecular weight is 216 g/mol. The lowest BCUT2D eigenvalue weighted by atomic mass is 10.1. The molecule has 0 aliphatic rings. The van der Waals surface area contributed by atoms with Crippen LogP contribution in [0.2, 0.25) is 0 Å². The van der Waals surface area contributed by atoms with Gasteiger partial charge in [0.2, 0.25) is 5.95 Å². The van der Waals surface area contributed by atoms with Crippen LogP contribution in [0.1, 0.15) is 5.56 Å². The van der Waals surface area contributed by atoms with Gasteiger partial charge in [0.1, 0.15) is 18.4 Å². The highest BCUT2D eigenvalue weighted by Crippen LogP contribution is 2.09. The van der Waals surface area contributed by atoms with E-state index in [2.05, 4.69) is 20.3 Å². The topological polar surface area (TPSA) is 70.9 Å². The lowest BCUT2D eigenvalue weighted by Crippen LogP contribution is -2.07. The second-order valence-corrected chi connectivity index (χ2v) is 3.31. The highest BCUT2D eigenvalue weighted by atomic mass is 16.3. The highest BCUT2D eigenvalue weighted by molar-refractivity contribution is 5.27. The summed E-state index contributed by atoms with van der Waals surface area (Å²) in [4.78, 5) is 11.6. The summed E-state index contributed by atoms with van der Waals surface area (Å²) in [5, 5.41) is 12.2. The molecule has 1 aromatic heterocycles. The molecule has 0 radical (unpaired) electrons. The van der Waals surface area contributed by atoms with Gasteiger partial charge in [0.15, 0.2) is 0 Å². The van der Waals surface area contributed by atoms with Gasteiger partial charge in [0.25, 0.3) is 0 Å². The number of phenols is 1. The van der Waals surface area contributed by atoms with Crippen LogP contribution in [0.25, 0.3) is 0 Å². The third kappa shape index (κ3) is 2.91. The van der Waals surface area contributed by atoms with Crippen LogP contribution in [0.15, 0.2) is 36.9 Å². The van der Waals surface area contributed by atoms with E-state index in [1.807, 2.05) is 12.1 Å². The Kier molecular flexibility index (Phi) is 3.28. The van der Waals surface area contributed by atoms with Crippen LogP contribution in [-0.4, -0.2) is 26.6 Å². The second kappa shape index (κ2) is 5.06. The lowest BCUT2D eigenvalue weighted by molar-refractivity contribution is 0.475. The Balaban J connectivity index is 1.82. The summed E-state index contributed by atoms with van der Waals surface area (Å²) in [5.74, 6) is 0.864. The molecule has 5 heteroatoms. The van der Waals surface area contributed by atoms with Crippen molar-refractivity contribution in [3.8, 4) is 5.75 Å². The van der Waals surface area contributed by atoms with Crippen molar-refractivity contribution < 1.29 is 5.11 Å². The summed E-state index contributed by atoms with van der Waals surface area (Å²) in [6.07, 6.45) is 3.76. The lowest BCUT2D eigenvalue weighted by Gasteiger charge is -2.03. The Bertz CT molecular complexity index is 429. The summed E-state index contributed by atoms with van der Waals surface area (Å²) in [7, 11) is 0. The van der Waals surface area contributed by atoms with E-state index in [0.29, 0.717) is 5.95 Å². The van der Waals surface area contributed by atoms with Crippen LogP contribution in [-0.2, 0) is 6.42 Å². The molecule has 16 heavy (non-hydrogen) atoms. The summed E-state index contributed by atoms with van der Waals surface area (Å²) in [5.41, 5.74) is 1.15. The molecule has 0 saturated carbocycles. The minimum Gasteiger partial charge on any atom is -0.508 e. The van der Waals surface area contributed by atoms with E-state index in [9.17, 15) is 0 Å². The van der Waals surface area contributed by atoms with Crippen LogP contribution >= 0.6 is 0 Å². The maximum absolute atomic E-state index is 9.12. The number of hydrogen-bond acceptors (Lipinski definition) is 5.